The number of halogens is 3. The molecule has 0 aliphatic carbocycles. The lowest BCUT2D eigenvalue weighted by atomic mass is 10.2. The topological polar surface area (TPSA) is 24.4 Å². The first-order chi connectivity index (χ1) is 9.65. The number of allylic oxidation sites excluding steroid dienone is 1. The number of nitrogens with one attached hydrogen (secondary N) is 1. The van der Waals surface area contributed by atoms with Gasteiger partial charge in [-0.05, 0) is 39.7 Å². The number of nitrogens with zero attached hydrogens (tertiary/aromatic N) is 1. The van der Waals surface area contributed by atoms with E-state index in [9.17, 15) is 8.78 Å². The maximum absolute atomic E-state index is 13.3. The van der Waals surface area contributed by atoms with E-state index < -0.39 is 11.6 Å². The van der Waals surface area contributed by atoms with Crippen molar-refractivity contribution in [3.05, 3.63) is 70.2 Å². The number of rotatable bonds is 4. The van der Waals surface area contributed by atoms with Gasteiger partial charge in [-0.3, -0.25) is 5.43 Å². The van der Waals surface area contributed by atoms with Crippen molar-refractivity contribution in [3.63, 3.8) is 0 Å². The molecule has 2 aromatic carbocycles. The molecule has 0 unspecified atom stereocenters. The van der Waals surface area contributed by atoms with Gasteiger partial charge >= 0.3 is 0 Å². The highest BCUT2D eigenvalue weighted by Gasteiger charge is 2.01. The lowest BCUT2D eigenvalue weighted by Gasteiger charge is -2.01. The first kappa shape index (κ1) is 14.4. The molecule has 5 heteroatoms. The molecule has 20 heavy (non-hydrogen) atoms. The quantitative estimate of drug-likeness (QED) is 0.629. The van der Waals surface area contributed by atoms with Gasteiger partial charge in [0.05, 0.1) is 11.9 Å². The Hall–Kier alpha value is -2.01. The Morgan fingerprint density at radius 3 is 2.55 bits per heavy atom. The Labute approximate surface area is 124 Å². The highest BCUT2D eigenvalue weighted by molar-refractivity contribution is 9.12. The average Bonchev–Trinajstić information content (AvgIpc) is 2.42. The van der Waals surface area contributed by atoms with Gasteiger partial charge in [0.1, 0.15) is 5.82 Å². The van der Waals surface area contributed by atoms with Gasteiger partial charge in [0, 0.05) is 10.5 Å². The number of anilines is 1. The van der Waals surface area contributed by atoms with Crippen molar-refractivity contribution in [2.75, 3.05) is 5.43 Å². The molecule has 0 radical (unpaired) electrons. The summed E-state index contributed by atoms with van der Waals surface area (Å²) >= 11 is 3.34. The molecule has 0 fully saturated rings. The molecule has 0 spiro atoms. The molecule has 0 aliphatic rings. The largest absolute Gasteiger partial charge is 0.275 e. The molecule has 0 amide bonds. The Balaban J connectivity index is 2.01. The van der Waals surface area contributed by atoms with Crippen molar-refractivity contribution in [3.8, 4) is 0 Å². The second-order valence-corrected chi connectivity index (χ2v) is 4.85. The molecule has 0 aromatic heterocycles. The molecule has 2 nitrogen and oxygen atoms in total. The maximum Gasteiger partial charge on any atom is 0.151 e. The summed E-state index contributed by atoms with van der Waals surface area (Å²) in [6, 6.07) is 12.9. The van der Waals surface area contributed by atoms with Crippen LogP contribution < -0.4 is 5.43 Å². The third-order valence-electron chi connectivity index (χ3n) is 2.41. The van der Waals surface area contributed by atoms with Crippen LogP contribution in [0.1, 0.15) is 5.56 Å². The van der Waals surface area contributed by atoms with Crippen LogP contribution >= 0.6 is 15.9 Å². The maximum atomic E-state index is 13.3. The van der Waals surface area contributed by atoms with Crippen LogP contribution in [-0.4, -0.2) is 6.21 Å². The molecule has 0 atom stereocenters. The third kappa shape index (κ3) is 4.28. The lowest BCUT2D eigenvalue weighted by molar-refractivity contribution is 0.585. The summed E-state index contributed by atoms with van der Waals surface area (Å²) < 4.78 is 26.8. The van der Waals surface area contributed by atoms with Gasteiger partial charge in [-0.25, -0.2) is 8.78 Å². The average molecular weight is 337 g/mol. The minimum absolute atomic E-state index is 0.114. The summed E-state index contributed by atoms with van der Waals surface area (Å²) in [6.45, 7) is 0. The van der Waals surface area contributed by atoms with E-state index in [1.807, 2.05) is 36.4 Å². The van der Waals surface area contributed by atoms with E-state index in [1.54, 1.807) is 0 Å². The summed E-state index contributed by atoms with van der Waals surface area (Å²) in [5, 5.41) is 3.88. The van der Waals surface area contributed by atoms with Crippen LogP contribution in [0.2, 0.25) is 0 Å². The van der Waals surface area contributed by atoms with Crippen molar-refractivity contribution < 1.29 is 8.78 Å². The van der Waals surface area contributed by atoms with E-state index in [-0.39, 0.29) is 5.69 Å². The van der Waals surface area contributed by atoms with E-state index in [0.29, 0.717) is 0 Å². The molecular formula is C15H11BrF2N2. The number of hydrogen-bond acceptors (Lipinski definition) is 2. The molecule has 0 saturated carbocycles. The van der Waals surface area contributed by atoms with Gasteiger partial charge in [0.2, 0.25) is 0 Å². The predicted octanol–water partition coefficient (Wildman–Crippen LogP) is 4.80. The minimum Gasteiger partial charge on any atom is -0.275 e. The molecule has 1 N–H and O–H groups in total. The fraction of sp³-hybridized carbons (Fsp3) is 0. The Kier molecular flexibility index (Phi) is 5.01. The normalized spacial score (nSPS) is 11.8. The third-order valence-corrected chi connectivity index (χ3v) is 2.84. The van der Waals surface area contributed by atoms with Gasteiger partial charge in [-0.1, -0.05) is 30.3 Å². The Morgan fingerprint density at radius 2 is 1.85 bits per heavy atom. The fourth-order valence-corrected chi connectivity index (χ4v) is 1.86. The first-order valence-electron chi connectivity index (χ1n) is 5.81. The minimum atomic E-state index is -0.690. The van der Waals surface area contributed by atoms with Gasteiger partial charge in [-0.2, -0.15) is 5.10 Å². The Bertz CT molecular complexity index is 640. The second kappa shape index (κ2) is 6.96. The SMILES string of the molecule is Fc1ccc(NN=CC(Br)=Cc2ccccc2)c(F)c1. The highest BCUT2D eigenvalue weighted by atomic mass is 79.9. The van der Waals surface area contributed by atoms with Gasteiger partial charge in [-0.15, -0.1) is 0 Å². The van der Waals surface area contributed by atoms with E-state index in [4.69, 9.17) is 0 Å². The van der Waals surface area contributed by atoms with E-state index in [2.05, 4.69) is 26.5 Å². The molecular weight excluding hydrogens is 326 g/mol. The standard InChI is InChI=1S/C15H11BrF2N2/c16-12(8-11-4-2-1-3-5-11)10-19-20-15-7-6-13(17)9-14(15)18/h1-10,20H. The number of hydrazone groups is 1. The van der Waals surface area contributed by atoms with E-state index in [0.717, 1.165) is 22.2 Å². The fourth-order valence-electron chi connectivity index (χ4n) is 1.49. The van der Waals surface area contributed by atoms with Crippen molar-refractivity contribution in [1.82, 2.24) is 0 Å². The monoisotopic (exact) mass is 336 g/mol. The van der Waals surface area contributed by atoms with Crippen LogP contribution in [-0.2, 0) is 0 Å². The summed E-state index contributed by atoms with van der Waals surface area (Å²) in [5.74, 6) is -1.31. The van der Waals surface area contributed by atoms with Gasteiger partial charge < -0.3 is 0 Å². The van der Waals surface area contributed by atoms with Crippen molar-refractivity contribution in [2.45, 2.75) is 0 Å². The molecule has 0 aliphatic heterocycles. The summed E-state index contributed by atoms with van der Waals surface area (Å²) in [5.41, 5.74) is 3.64. The van der Waals surface area contributed by atoms with Gasteiger partial charge in [0.25, 0.3) is 0 Å². The van der Waals surface area contributed by atoms with Crippen LogP contribution in [0.25, 0.3) is 6.08 Å². The first-order valence-corrected chi connectivity index (χ1v) is 6.61. The second-order valence-electron chi connectivity index (χ2n) is 3.93. The van der Waals surface area contributed by atoms with E-state index >= 15 is 0 Å². The van der Waals surface area contributed by atoms with Crippen LogP contribution in [0.3, 0.4) is 0 Å². The van der Waals surface area contributed by atoms with E-state index in [1.165, 1.54) is 12.3 Å². The van der Waals surface area contributed by atoms with Crippen molar-refractivity contribution in [1.29, 1.82) is 0 Å². The zero-order valence-corrected chi connectivity index (χ0v) is 11.9. The highest BCUT2D eigenvalue weighted by Crippen LogP contribution is 2.15. The van der Waals surface area contributed by atoms with Crippen LogP contribution in [0, 0.1) is 11.6 Å². The Morgan fingerprint density at radius 1 is 1.10 bits per heavy atom. The molecule has 0 bridgehead atoms. The van der Waals surface area contributed by atoms with Crippen molar-refractivity contribution in [2.24, 2.45) is 5.10 Å². The molecule has 2 aromatic rings. The zero-order valence-electron chi connectivity index (χ0n) is 10.4. The smallest absolute Gasteiger partial charge is 0.151 e. The van der Waals surface area contributed by atoms with Crippen LogP contribution in [0.5, 0.6) is 0 Å². The molecule has 0 heterocycles. The van der Waals surface area contributed by atoms with Crippen LogP contribution in [0.15, 0.2) is 58.1 Å². The molecule has 0 saturated heterocycles. The summed E-state index contributed by atoms with van der Waals surface area (Å²) in [6.07, 6.45) is 3.36. The van der Waals surface area contributed by atoms with Crippen molar-refractivity contribution >= 4 is 33.9 Å². The molecule has 102 valence electrons. The number of benzene rings is 2. The molecule has 2 rings (SSSR count). The predicted molar refractivity (Wildman–Crippen MR) is 81.8 cm³/mol. The zero-order chi connectivity index (χ0) is 14.4. The van der Waals surface area contributed by atoms with Gasteiger partial charge in [0.15, 0.2) is 5.82 Å². The van der Waals surface area contributed by atoms with Crippen LogP contribution in [0.4, 0.5) is 14.5 Å². The summed E-state index contributed by atoms with van der Waals surface area (Å²) in [4.78, 5) is 0. The number of hydrogen-bond donors (Lipinski definition) is 1. The lowest BCUT2D eigenvalue weighted by Crippen LogP contribution is -1.93. The summed E-state index contributed by atoms with van der Waals surface area (Å²) in [7, 11) is 0.